The zero-order valence-corrected chi connectivity index (χ0v) is 12.3. The Hall–Kier alpha value is -1.99. The molecule has 0 radical (unpaired) electrons. The average Bonchev–Trinajstić information content (AvgIpc) is 2.99. The van der Waals surface area contributed by atoms with Crippen LogP contribution in [-0.4, -0.2) is 43.3 Å². The Labute approximate surface area is 126 Å². The topological polar surface area (TPSA) is 41.6 Å². The van der Waals surface area contributed by atoms with Crippen LogP contribution in [0, 0.1) is 12.3 Å². The van der Waals surface area contributed by atoms with Crippen LogP contribution in [0.5, 0.6) is 0 Å². The van der Waals surface area contributed by atoms with Crippen LogP contribution < -0.4 is 5.32 Å². The van der Waals surface area contributed by atoms with Crippen molar-refractivity contribution in [1.29, 1.82) is 0 Å². The molecule has 0 unspecified atom stereocenters. The summed E-state index contributed by atoms with van der Waals surface area (Å²) >= 11 is 0. The molecule has 4 heteroatoms. The van der Waals surface area contributed by atoms with Gasteiger partial charge in [0.2, 0.25) is 0 Å². The van der Waals surface area contributed by atoms with Crippen molar-refractivity contribution < 1.29 is 9.53 Å². The molecule has 21 heavy (non-hydrogen) atoms. The predicted octanol–water partition coefficient (Wildman–Crippen LogP) is 2.05. The highest BCUT2D eigenvalue weighted by atomic mass is 16.5. The number of hydrogen-bond acceptors (Lipinski definition) is 2. The van der Waals surface area contributed by atoms with Gasteiger partial charge in [-0.2, -0.15) is 0 Å². The summed E-state index contributed by atoms with van der Waals surface area (Å²) in [7, 11) is 0. The smallest absolute Gasteiger partial charge is 0.318 e. The van der Waals surface area contributed by atoms with Gasteiger partial charge < -0.3 is 15.0 Å². The third-order valence-corrected chi connectivity index (χ3v) is 3.58. The standard InChI is InChI=1S/C17H22N2O2/c1-2-11-18-17(20)19-12-10-16(14-19)21-13-6-9-15-7-4-3-5-8-15/h1,3-5,7-8,16H,6,9-14H2,(H,18,20)/t16-/m1/s1. The SMILES string of the molecule is C#CCNC(=O)N1CC[C@@H](OCCCc2ccccc2)C1. The summed E-state index contributed by atoms with van der Waals surface area (Å²) in [6, 6.07) is 10.3. The Balaban J connectivity index is 1.60. The molecule has 1 saturated heterocycles. The molecule has 0 bridgehead atoms. The van der Waals surface area contributed by atoms with E-state index in [2.05, 4.69) is 35.5 Å². The second-order valence-corrected chi connectivity index (χ2v) is 5.18. The maximum Gasteiger partial charge on any atom is 0.318 e. The summed E-state index contributed by atoms with van der Waals surface area (Å²) < 4.78 is 5.85. The fourth-order valence-corrected chi connectivity index (χ4v) is 2.46. The number of amides is 2. The van der Waals surface area contributed by atoms with E-state index in [1.807, 2.05) is 6.07 Å². The number of nitrogens with zero attached hydrogens (tertiary/aromatic N) is 1. The second-order valence-electron chi connectivity index (χ2n) is 5.18. The first-order valence-corrected chi connectivity index (χ1v) is 7.41. The molecule has 1 heterocycles. The molecule has 1 atom stereocenters. The highest BCUT2D eigenvalue weighted by Gasteiger charge is 2.26. The lowest BCUT2D eigenvalue weighted by Crippen LogP contribution is -2.39. The van der Waals surface area contributed by atoms with Crippen LogP contribution >= 0.6 is 0 Å². The van der Waals surface area contributed by atoms with Crippen LogP contribution in [0.1, 0.15) is 18.4 Å². The number of benzene rings is 1. The Bertz CT molecular complexity index is 481. The number of carbonyl (C=O) groups is 1. The summed E-state index contributed by atoms with van der Waals surface area (Å²) in [5.74, 6) is 2.40. The molecule has 1 aliphatic rings. The van der Waals surface area contributed by atoms with E-state index in [0.29, 0.717) is 6.54 Å². The highest BCUT2D eigenvalue weighted by molar-refractivity contribution is 5.74. The van der Waals surface area contributed by atoms with Crippen LogP contribution in [0.2, 0.25) is 0 Å². The minimum absolute atomic E-state index is 0.0941. The van der Waals surface area contributed by atoms with Crippen molar-refractivity contribution in [3.05, 3.63) is 35.9 Å². The monoisotopic (exact) mass is 286 g/mol. The Morgan fingerprint density at radius 1 is 1.43 bits per heavy atom. The first-order valence-electron chi connectivity index (χ1n) is 7.41. The molecule has 1 N–H and O–H groups in total. The Kier molecular flexibility index (Phi) is 6.11. The molecule has 2 rings (SSSR count). The second kappa shape index (κ2) is 8.33. The Morgan fingerprint density at radius 3 is 3.00 bits per heavy atom. The van der Waals surface area contributed by atoms with Crippen molar-refractivity contribution in [2.75, 3.05) is 26.2 Å². The third-order valence-electron chi connectivity index (χ3n) is 3.58. The molecule has 0 spiro atoms. The van der Waals surface area contributed by atoms with E-state index in [4.69, 9.17) is 11.2 Å². The number of carbonyl (C=O) groups excluding carboxylic acids is 1. The van der Waals surface area contributed by atoms with Crippen molar-refractivity contribution in [2.45, 2.75) is 25.4 Å². The van der Waals surface area contributed by atoms with Gasteiger partial charge in [0.25, 0.3) is 0 Å². The molecule has 1 aromatic rings. The van der Waals surface area contributed by atoms with Gasteiger partial charge in [-0.25, -0.2) is 4.79 Å². The lowest BCUT2D eigenvalue weighted by atomic mass is 10.1. The molecule has 0 aliphatic carbocycles. The van der Waals surface area contributed by atoms with Crippen molar-refractivity contribution in [3.63, 3.8) is 0 Å². The fraction of sp³-hybridized carbons (Fsp3) is 0.471. The van der Waals surface area contributed by atoms with E-state index in [0.717, 1.165) is 32.4 Å². The maximum absolute atomic E-state index is 11.7. The van der Waals surface area contributed by atoms with Crippen molar-refractivity contribution in [2.24, 2.45) is 0 Å². The third kappa shape index (κ3) is 5.13. The lowest BCUT2D eigenvalue weighted by Gasteiger charge is -2.16. The number of rotatable bonds is 6. The minimum atomic E-state index is -0.0941. The van der Waals surface area contributed by atoms with Crippen molar-refractivity contribution in [3.8, 4) is 12.3 Å². The minimum Gasteiger partial charge on any atom is -0.376 e. The van der Waals surface area contributed by atoms with E-state index in [9.17, 15) is 4.79 Å². The van der Waals surface area contributed by atoms with E-state index in [-0.39, 0.29) is 18.7 Å². The molecule has 4 nitrogen and oxygen atoms in total. The van der Waals surface area contributed by atoms with Gasteiger partial charge in [0, 0.05) is 19.7 Å². The molecule has 2 amide bonds. The van der Waals surface area contributed by atoms with Gasteiger partial charge in [0.1, 0.15) is 0 Å². The fourth-order valence-electron chi connectivity index (χ4n) is 2.46. The van der Waals surface area contributed by atoms with E-state index in [1.54, 1.807) is 4.90 Å². The van der Waals surface area contributed by atoms with Crippen LogP contribution in [0.3, 0.4) is 0 Å². The molecule has 1 aliphatic heterocycles. The number of aryl methyl sites for hydroxylation is 1. The molecule has 1 fully saturated rings. The number of hydrogen-bond donors (Lipinski definition) is 1. The summed E-state index contributed by atoms with van der Waals surface area (Å²) in [6.45, 7) is 2.40. The zero-order chi connectivity index (χ0) is 14.9. The number of nitrogens with one attached hydrogen (secondary N) is 1. The van der Waals surface area contributed by atoms with E-state index in [1.165, 1.54) is 5.56 Å². The average molecular weight is 286 g/mol. The maximum atomic E-state index is 11.7. The molecule has 1 aromatic carbocycles. The molecular weight excluding hydrogens is 264 g/mol. The first kappa shape index (κ1) is 15.4. The van der Waals surface area contributed by atoms with Crippen LogP contribution in [0.25, 0.3) is 0 Å². The summed E-state index contributed by atoms with van der Waals surface area (Å²) in [4.78, 5) is 13.5. The largest absolute Gasteiger partial charge is 0.376 e. The van der Waals surface area contributed by atoms with Crippen molar-refractivity contribution >= 4 is 6.03 Å². The molecule has 0 aromatic heterocycles. The van der Waals surface area contributed by atoms with Gasteiger partial charge in [-0.1, -0.05) is 36.3 Å². The van der Waals surface area contributed by atoms with Crippen LogP contribution in [0.4, 0.5) is 4.79 Å². The highest BCUT2D eigenvalue weighted by Crippen LogP contribution is 2.13. The molecule has 112 valence electrons. The molecule has 0 saturated carbocycles. The van der Waals surface area contributed by atoms with Crippen LogP contribution in [-0.2, 0) is 11.2 Å². The van der Waals surface area contributed by atoms with Gasteiger partial charge >= 0.3 is 6.03 Å². The lowest BCUT2D eigenvalue weighted by molar-refractivity contribution is 0.0597. The van der Waals surface area contributed by atoms with Gasteiger partial charge in [0.05, 0.1) is 12.6 Å². The number of terminal acetylenes is 1. The van der Waals surface area contributed by atoms with Crippen molar-refractivity contribution in [1.82, 2.24) is 10.2 Å². The first-order chi connectivity index (χ1) is 10.3. The normalized spacial score (nSPS) is 17.5. The van der Waals surface area contributed by atoms with Gasteiger partial charge in [-0.3, -0.25) is 0 Å². The van der Waals surface area contributed by atoms with Gasteiger partial charge in [-0.05, 0) is 24.8 Å². The van der Waals surface area contributed by atoms with Gasteiger partial charge in [-0.15, -0.1) is 6.42 Å². The predicted molar refractivity (Wildman–Crippen MR) is 82.9 cm³/mol. The zero-order valence-electron chi connectivity index (χ0n) is 12.3. The quantitative estimate of drug-likeness (QED) is 0.642. The summed E-state index contributed by atoms with van der Waals surface area (Å²) in [5, 5.41) is 2.68. The number of ether oxygens (including phenoxy) is 1. The van der Waals surface area contributed by atoms with E-state index < -0.39 is 0 Å². The molecular formula is C17H22N2O2. The number of likely N-dealkylation sites (tertiary alicyclic amines) is 1. The van der Waals surface area contributed by atoms with Crippen LogP contribution in [0.15, 0.2) is 30.3 Å². The summed E-state index contributed by atoms with van der Waals surface area (Å²) in [5.41, 5.74) is 1.34. The van der Waals surface area contributed by atoms with Gasteiger partial charge in [0.15, 0.2) is 0 Å². The number of urea groups is 1. The van der Waals surface area contributed by atoms with E-state index >= 15 is 0 Å². The summed E-state index contributed by atoms with van der Waals surface area (Å²) in [6.07, 6.45) is 8.20. The Morgan fingerprint density at radius 2 is 2.24 bits per heavy atom.